The van der Waals surface area contributed by atoms with E-state index in [1.54, 1.807) is 13.3 Å². The largest absolute Gasteiger partial charge is 0.497 e. The lowest BCUT2D eigenvalue weighted by Crippen LogP contribution is -1.88. The van der Waals surface area contributed by atoms with Gasteiger partial charge < -0.3 is 4.74 Å². The maximum atomic E-state index is 5.02. The summed E-state index contributed by atoms with van der Waals surface area (Å²) in [6.45, 7) is 0. The van der Waals surface area contributed by atoms with E-state index in [9.17, 15) is 0 Å². The maximum Gasteiger partial charge on any atom is 0.122 e. The van der Waals surface area contributed by atoms with Gasteiger partial charge in [-0.05, 0) is 6.07 Å². The number of nitrogens with zero attached hydrogens (tertiary/aromatic N) is 1. The van der Waals surface area contributed by atoms with Crippen LogP contribution >= 0.6 is 31.9 Å². The highest BCUT2D eigenvalue weighted by Crippen LogP contribution is 2.28. The van der Waals surface area contributed by atoms with Crippen LogP contribution in [-0.2, 0) is 0 Å². The van der Waals surface area contributed by atoms with E-state index < -0.39 is 0 Å². The molecule has 0 spiro atoms. The number of methoxy groups -OCH3 is 1. The molecule has 0 atom stereocenters. The molecule has 0 saturated heterocycles. The quantitative estimate of drug-likeness (QED) is 0.777. The number of halogens is 2. The second-order valence-corrected chi connectivity index (χ2v) is 4.98. The third-order valence-corrected chi connectivity index (χ3v) is 2.15. The number of hydrogen-bond donors (Lipinski definition) is 0. The highest BCUT2D eigenvalue weighted by atomic mass is 79.9. The third kappa shape index (κ3) is 2.45. The van der Waals surface area contributed by atoms with E-state index in [2.05, 4.69) is 36.8 Å². The Morgan fingerprint density at radius 2 is 2.27 bits per heavy atom. The zero-order valence-electron chi connectivity index (χ0n) is 5.92. The van der Waals surface area contributed by atoms with Crippen molar-refractivity contribution in [1.29, 1.82) is 0 Å². The summed E-state index contributed by atoms with van der Waals surface area (Å²) < 4.78 is 5.11. The van der Waals surface area contributed by atoms with Crippen molar-refractivity contribution < 1.29 is 4.74 Å². The van der Waals surface area contributed by atoms with Crippen LogP contribution in [0.25, 0.3) is 0 Å². The molecule has 11 heavy (non-hydrogen) atoms. The topological polar surface area (TPSA) is 22.1 Å². The van der Waals surface area contributed by atoms with Crippen molar-refractivity contribution in [2.75, 3.05) is 7.11 Å². The normalized spacial score (nSPS) is 10.2. The van der Waals surface area contributed by atoms with Crippen molar-refractivity contribution in [1.82, 2.24) is 4.98 Å². The Bertz CT molecular complexity index is 240. The van der Waals surface area contributed by atoms with Crippen LogP contribution in [0.5, 0.6) is 5.75 Å². The summed E-state index contributed by atoms with van der Waals surface area (Å²) >= 11 is 6.69. The number of aromatic nitrogens is 1. The fraction of sp³-hybridized carbons (Fsp3) is 0.286. The van der Waals surface area contributed by atoms with Crippen LogP contribution in [0.2, 0.25) is 0 Å². The molecule has 0 aliphatic carbocycles. The average molecular weight is 281 g/mol. The summed E-state index contributed by atoms with van der Waals surface area (Å²) in [4.78, 5) is 4.11. The Labute approximate surface area is 82.2 Å². The molecule has 1 aromatic heterocycles. The van der Waals surface area contributed by atoms with E-state index in [0.29, 0.717) is 0 Å². The number of ether oxygens (including phenoxy) is 1. The Hall–Kier alpha value is -0.0900. The van der Waals surface area contributed by atoms with Gasteiger partial charge in [-0.25, -0.2) is 0 Å². The zero-order chi connectivity index (χ0) is 8.27. The second-order valence-electron chi connectivity index (χ2n) is 1.92. The Balaban J connectivity index is 2.91. The first-order valence-electron chi connectivity index (χ1n) is 3.02. The van der Waals surface area contributed by atoms with Crippen LogP contribution in [0.1, 0.15) is 9.43 Å². The zero-order valence-corrected chi connectivity index (χ0v) is 9.09. The molecule has 1 rings (SSSR count). The molecule has 2 nitrogen and oxygen atoms in total. The van der Waals surface area contributed by atoms with E-state index in [0.717, 1.165) is 11.4 Å². The Morgan fingerprint density at radius 1 is 1.55 bits per heavy atom. The van der Waals surface area contributed by atoms with E-state index >= 15 is 0 Å². The van der Waals surface area contributed by atoms with Gasteiger partial charge in [0.15, 0.2) is 0 Å². The Kier molecular flexibility index (Phi) is 3.33. The van der Waals surface area contributed by atoms with Crippen molar-refractivity contribution in [2.24, 2.45) is 0 Å². The minimum absolute atomic E-state index is 0.0881. The second kappa shape index (κ2) is 4.07. The molecule has 0 aromatic carbocycles. The number of pyridine rings is 1. The van der Waals surface area contributed by atoms with Gasteiger partial charge in [-0.3, -0.25) is 4.98 Å². The molecule has 0 N–H and O–H groups in total. The van der Waals surface area contributed by atoms with E-state index in [4.69, 9.17) is 4.74 Å². The first-order valence-corrected chi connectivity index (χ1v) is 4.85. The first kappa shape index (κ1) is 9.00. The highest BCUT2D eigenvalue weighted by molar-refractivity contribution is 9.24. The lowest BCUT2D eigenvalue weighted by Gasteiger charge is -2.02. The fourth-order valence-electron chi connectivity index (χ4n) is 0.674. The molecule has 0 bridgehead atoms. The van der Waals surface area contributed by atoms with E-state index in [1.165, 1.54) is 0 Å². The summed E-state index contributed by atoms with van der Waals surface area (Å²) in [5, 5.41) is 0. The number of hydrogen-bond acceptors (Lipinski definition) is 2. The molecule has 0 radical (unpaired) electrons. The lowest BCUT2D eigenvalue weighted by molar-refractivity contribution is 0.414. The summed E-state index contributed by atoms with van der Waals surface area (Å²) in [7, 11) is 1.64. The van der Waals surface area contributed by atoms with Gasteiger partial charge in [0, 0.05) is 12.3 Å². The van der Waals surface area contributed by atoms with Crippen molar-refractivity contribution in [3.8, 4) is 5.75 Å². The van der Waals surface area contributed by atoms with Gasteiger partial charge in [-0.2, -0.15) is 0 Å². The molecular weight excluding hydrogens is 274 g/mol. The van der Waals surface area contributed by atoms with Crippen LogP contribution < -0.4 is 4.74 Å². The Morgan fingerprint density at radius 3 is 2.82 bits per heavy atom. The molecule has 0 amide bonds. The fourth-order valence-corrected chi connectivity index (χ4v) is 1.17. The van der Waals surface area contributed by atoms with Gasteiger partial charge in [-0.15, -0.1) is 0 Å². The maximum absolute atomic E-state index is 5.02. The molecular formula is C7H7Br2NO. The minimum Gasteiger partial charge on any atom is -0.497 e. The summed E-state index contributed by atoms with van der Waals surface area (Å²) in [6, 6.07) is 3.68. The van der Waals surface area contributed by atoms with Crippen LogP contribution in [0.15, 0.2) is 18.3 Å². The van der Waals surface area contributed by atoms with Crippen LogP contribution in [-0.4, -0.2) is 12.1 Å². The van der Waals surface area contributed by atoms with Crippen molar-refractivity contribution in [3.63, 3.8) is 0 Å². The molecule has 0 aliphatic rings. The predicted octanol–water partition coefficient (Wildman–Crippen LogP) is 2.88. The molecule has 0 saturated carbocycles. The van der Waals surface area contributed by atoms with E-state index in [1.807, 2.05) is 12.1 Å². The monoisotopic (exact) mass is 279 g/mol. The SMILES string of the molecule is COc1ccnc(C(Br)Br)c1. The molecule has 0 unspecified atom stereocenters. The van der Waals surface area contributed by atoms with Crippen molar-refractivity contribution >= 4 is 31.9 Å². The smallest absolute Gasteiger partial charge is 0.122 e. The van der Waals surface area contributed by atoms with Gasteiger partial charge in [-0.1, -0.05) is 31.9 Å². The number of alkyl halides is 2. The van der Waals surface area contributed by atoms with E-state index in [-0.39, 0.29) is 3.74 Å². The van der Waals surface area contributed by atoms with Gasteiger partial charge in [0.2, 0.25) is 0 Å². The molecule has 4 heteroatoms. The van der Waals surface area contributed by atoms with Crippen LogP contribution in [0, 0.1) is 0 Å². The average Bonchev–Trinajstić information content (AvgIpc) is 2.05. The predicted molar refractivity (Wildman–Crippen MR) is 51.4 cm³/mol. The molecule has 0 aliphatic heterocycles. The van der Waals surface area contributed by atoms with Gasteiger partial charge in [0.05, 0.1) is 12.8 Å². The van der Waals surface area contributed by atoms with Crippen LogP contribution in [0.3, 0.4) is 0 Å². The molecule has 1 aromatic rings. The minimum atomic E-state index is 0.0881. The number of rotatable bonds is 2. The lowest BCUT2D eigenvalue weighted by atomic mass is 10.4. The van der Waals surface area contributed by atoms with Gasteiger partial charge in [0.25, 0.3) is 0 Å². The summed E-state index contributed by atoms with van der Waals surface area (Å²) in [5.41, 5.74) is 0.907. The highest BCUT2D eigenvalue weighted by Gasteiger charge is 2.03. The summed E-state index contributed by atoms with van der Waals surface area (Å²) in [6.07, 6.45) is 1.71. The van der Waals surface area contributed by atoms with Crippen molar-refractivity contribution in [3.05, 3.63) is 24.0 Å². The van der Waals surface area contributed by atoms with Gasteiger partial charge >= 0.3 is 0 Å². The molecule has 1 heterocycles. The molecule has 0 fully saturated rings. The van der Waals surface area contributed by atoms with Crippen LogP contribution in [0.4, 0.5) is 0 Å². The summed E-state index contributed by atoms with van der Waals surface area (Å²) in [5.74, 6) is 0.818. The van der Waals surface area contributed by atoms with Gasteiger partial charge in [0.1, 0.15) is 9.49 Å². The van der Waals surface area contributed by atoms with Crippen molar-refractivity contribution in [2.45, 2.75) is 3.74 Å². The third-order valence-electron chi connectivity index (χ3n) is 1.21. The standard InChI is InChI=1S/C7H7Br2NO/c1-11-5-2-3-10-6(4-5)7(8)9/h2-4,7H,1H3. The molecule has 60 valence electrons. The first-order chi connectivity index (χ1) is 5.24.